The number of rotatable bonds is 19. The number of amides is 4. The minimum absolute atomic E-state index is 0.0828. The molecule has 8 N–H and O–H groups in total. The van der Waals surface area contributed by atoms with Crippen LogP contribution in [0.4, 0.5) is 0 Å². The highest BCUT2D eigenvalue weighted by Gasteiger charge is 2.31. The number of phenols is 1. The molecule has 3 rings (SSSR count). The number of benzene rings is 2. The molecule has 14 nitrogen and oxygen atoms in total. The molecular formula is C37H54N6O8. The monoisotopic (exact) mass is 710 g/mol. The highest BCUT2D eigenvalue weighted by atomic mass is 16.5. The van der Waals surface area contributed by atoms with Crippen molar-refractivity contribution in [3.05, 3.63) is 47.5 Å². The van der Waals surface area contributed by atoms with Crippen molar-refractivity contribution >= 4 is 29.6 Å². The highest BCUT2D eigenvalue weighted by Crippen LogP contribution is 2.39. The number of nitrogens with zero attached hydrogens (tertiary/aromatic N) is 1. The Hall–Kier alpha value is -4.69. The van der Waals surface area contributed by atoms with Gasteiger partial charge >= 0.3 is 5.97 Å². The van der Waals surface area contributed by atoms with E-state index in [0.717, 1.165) is 24.3 Å². The number of hydrogen-bond donors (Lipinski definition) is 7. The number of fused-ring (bicyclic) bond motifs is 5. The van der Waals surface area contributed by atoms with Gasteiger partial charge in [-0.3, -0.25) is 19.2 Å². The molecule has 2 atom stereocenters. The van der Waals surface area contributed by atoms with E-state index in [1.54, 1.807) is 18.2 Å². The Morgan fingerprint density at radius 2 is 1.71 bits per heavy atom. The van der Waals surface area contributed by atoms with Gasteiger partial charge in [0, 0.05) is 44.1 Å². The summed E-state index contributed by atoms with van der Waals surface area (Å²) in [5, 5.41) is 31.6. The van der Waals surface area contributed by atoms with Gasteiger partial charge in [0.05, 0.1) is 13.1 Å². The second kappa shape index (κ2) is 21.5. The summed E-state index contributed by atoms with van der Waals surface area (Å²) in [5.74, 6) is -3.45. The molecular weight excluding hydrogens is 656 g/mol. The molecule has 0 saturated heterocycles. The summed E-state index contributed by atoms with van der Waals surface area (Å²) in [6, 6.07) is 6.72. The Morgan fingerprint density at radius 1 is 0.980 bits per heavy atom. The van der Waals surface area contributed by atoms with E-state index in [-0.39, 0.29) is 49.8 Å². The molecule has 1 aliphatic rings. The third-order valence-corrected chi connectivity index (χ3v) is 8.74. The minimum Gasteiger partial charge on any atom is -0.507 e. The number of aromatic hydroxyl groups is 1. The number of carboxylic acids is 1. The average Bonchev–Trinajstić information content (AvgIpc) is 3.11. The number of hydrogen-bond acceptors (Lipinski definition) is 9. The van der Waals surface area contributed by atoms with Crippen LogP contribution >= 0.6 is 0 Å². The van der Waals surface area contributed by atoms with Gasteiger partial charge in [0.1, 0.15) is 30.2 Å². The van der Waals surface area contributed by atoms with Gasteiger partial charge in [0.2, 0.25) is 23.6 Å². The SMILES string of the molecule is CCCCCCCCCCNCCC(=O)NCC(=O)N(C)C1C(=O)NCC(=O)NC(C(=O)O)Cc2ccc(OCCN)c(c2)-c2cc1ccc2O. The van der Waals surface area contributed by atoms with Crippen molar-refractivity contribution < 1.29 is 38.9 Å². The second-order valence-electron chi connectivity index (χ2n) is 12.8. The van der Waals surface area contributed by atoms with Gasteiger partial charge in [-0.05, 0) is 48.4 Å². The summed E-state index contributed by atoms with van der Waals surface area (Å²) in [4.78, 5) is 65.5. The van der Waals surface area contributed by atoms with E-state index in [4.69, 9.17) is 10.5 Å². The number of carboxylic acid groups (broad SMARTS) is 1. The molecule has 4 amide bonds. The van der Waals surface area contributed by atoms with Gasteiger partial charge in [-0.25, -0.2) is 4.79 Å². The Morgan fingerprint density at radius 3 is 2.41 bits per heavy atom. The normalized spacial score (nSPS) is 16.0. The van der Waals surface area contributed by atoms with E-state index < -0.39 is 42.3 Å². The van der Waals surface area contributed by atoms with Crippen molar-refractivity contribution in [3.63, 3.8) is 0 Å². The number of phenolic OH excluding ortho intramolecular Hbond substituents is 1. The van der Waals surface area contributed by atoms with Crippen molar-refractivity contribution in [1.29, 1.82) is 0 Å². The zero-order valence-electron chi connectivity index (χ0n) is 29.8. The smallest absolute Gasteiger partial charge is 0.326 e. The first-order valence-corrected chi connectivity index (χ1v) is 17.9. The molecule has 51 heavy (non-hydrogen) atoms. The fourth-order valence-corrected chi connectivity index (χ4v) is 5.89. The number of aliphatic carboxylic acids is 1. The molecule has 0 aliphatic carbocycles. The van der Waals surface area contributed by atoms with E-state index >= 15 is 0 Å². The third kappa shape index (κ3) is 13.2. The predicted octanol–water partition coefficient (Wildman–Crippen LogP) is 2.37. The zero-order valence-corrected chi connectivity index (χ0v) is 29.8. The Labute approximate surface area is 299 Å². The summed E-state index contributed by atoms with van der Waals surface area (Å²) in [5.41, 5.74) is 7.15. The zero-order chi connectivity index (χ0) is 37.2. The molecule has 4 bridgehead atoms. The standard InChI is InChI=1S/C37H54N6O8/c1-3-4-5-6-7-8-9-10-17-39-18-15-32(45)40-24-34(47)43(2)35-26-12-13-30(44)27(22-26)28-20-25(11-14-31(28)51-19-16-38)21-29(37(49)50)42-33(46)23-41-36(35)48/h11-14,20,22,29,35,39,44H,3-10,15-19,21,23-24,38H2,1-2H3,(H,40,45)(H,41,48)(H,42,46)(H,49,50). The fourth-order valence-electron chi connectivity index (χ4n) is 5.89. The van der Waals surface area contributed by atoms with E-state index in [2.05, 4.69) is 28.2 Å². The van der Waals surface area contributed by atoms with Crippen LogP contribution in [-0.4, -0.2) is 97.1 Å². The van der Waals surface area contributed by atoms with Crippen LogP contribution in [0.2, 0.25) is 0 Å². The number of nitrogens with one attached hydrogen (secondary N) is 4. The molecule has 1 heterocycles. The maximum atomic E-state index is 13.6. The highest BCUT2D eigenvalue weighted by molar-refractivity contribution is 5.94. The van der Waals surface area contributed by atoms with Crippen LogP contribution in [0.1, 0.15) is 81.9 Å². The topological polar surface area (TPSA) is 212 Å². The second-order valence-corrected chi connectivity index (χ2v) is 12.8. The lowest BCUT2D eigenvalue weighted by Crippen LogP contribution is -2.49. The van der Waals surface area contributed by atoms with Crippen molar-refractivity contribution in [2.45, 2.75) is 83.2 Å². The first-order chi connectivity index (χ1) is 24.5. The Bertz CT molecular complexity index is 1480. The van der Waals surface area contributed by atoms with E-state index in [9.17, 15) is 34.2 Å². The number of likely N-dealkylation sites (N-methyl/N-ethyl adjacent to an activating group) is 1. The van der Waals surface area contributed by atoms with E-state index in [0.29, 0.717) is 29.0 Å². The maximum Gasteiger partial charge on any atom is 0.326 e. The van der Waals surface area contributed by atoms with Crippen LogP contribution in [0.5, 0.6) is 11.5 Å². The predicted molar refractivity (Wildman–Crippen MR) is 193 cm³/mol. The molecule has 0 saturated carbocycles. The van der Waals surface area contributed by atoms with Crippen LogP contribution in [0, 0.1) is 0 Å². The lowest BCUT2D eigenvalue weighted by molar-refractivity contribution is -0.142. The summed E-state index contributed by atoms with van der Waals surface area (Å²) < 4.78 is 5.83. The molecule has 2 aromatic carbocycles. The van der Waals surface area contributed by atoms with Crippen LogP contribution in [0.15, 0.2) is 36.4 Å². The molecule has 2 unspecified atom stereocenters. The quantitative estimate of drug-likeness (QED) is 0.106. The first kappa shape index (κ1) is 40.7. The minimum atomic E-state index is -1.31. The number of carbonyl (C=O) groups excluding carboxylic acids is 4. The van der Waals surface area contributed by atoms with Gasteiger partial charge in [-0.2, -0.15) is 0 Å². The van der Waals surface area contributed by atoms with Gasteiger partial charge in [0.25, 0.3) is 0 Å². The van der Waals surface area contributed by atoms with Crippen LogP contribution < -0.4 is 31.7 Å². The Kier molecular flexibility index (Phi) is 17.2. The Balaban J connectivity index is 1.73. The lowest BCUT2D eigenvalue weighted by atomic mass is 9.94. The van der Waals surface area contributed by atoms with E-state index in [1.807, 2.05) is 0 Å². The fraction of sp³-hybridized carbons (Fsp3) is 0.541. The summed E-state index contributed by atoms with van der Waals surface area (Å²) >= 11 is 0. The van der Waals surface area contributed by atoms with Gasteiger partial charge in [-0.1, -0.05) is 64.0 Å². The third-order valence-electron chi connectivity index (χ3n) is 8.74. The largest absolute Gasteiger partial charge is 0.507 e. The van der Waals surface area contributed by atoms with Gasteiger partial charge in [-0.15, -0.1) is 0 Å². The molecule has 1 aliphatic heterocycles. The summed E-state index contributed by atoms with van der Waals surface area (Å²) in [6.07, 6.45) is 9.85. The van der Waals surface area contributed by atoms with Crippen molar-refractivity contribution in [2.24, 2.45) is 5.73 Å². The van der Waals surface area contributed by atoms with E-state index in [1.165, 1.54) is 63.8 Å². The maximum absolute atomic E-state index is 13.6. The van der Waals surface area contributed by atoms with Crippen LogP contribution in [-0.2, 0) is 30.4 Å². The first-order valence-electron chi connectivity index (χ1n) is 17.9. The van der Waals surface area contributed by atoms with Crippen molar-refractivity contribution in [3.8, 4) is 22.6 Å². The van der Waals surface area contributed by atoms with Gasteiger partial charge in [0.15, 0.2) is 0 Å². The molecule has 0 radical (unpaired) electrons. The van der Waals surface area contributed by atoms with Gasteiger partial charge < -0.3 is 46.9 Å². The lowest BCUT2D eigenvalue weighted by Gasteiger charge is -2.29. The number of unbranched alkanes of at least 4 members (excludes halogenated alkanes) is 7. The molecule has 0 fully saturated rings. The molecule has 0 aromatic heterocycles. The summed E-state index contributed by atoms with van der Waals surface area (Å²) in [6.45, 7) is 2.94. The summed E-state index contributed by atoms with van der Waals surface area (Å²) in [7, 11) is 1.40. The van der Waals surface area contributed by atoms with Crippen molar-refractivity contribution in [2.75, 3.05) is 46.4 Å². The molecule has 280 valence electrons. The number of nitrogens with two attached hydrogens (primary N) is 1. The molecule has 2 aromatic rings. The average molecular weight is 711 g/mol. The molecule has 14 heteroatoms. The van der Waals surface area contributed by atoms with Crippen LogP contribution in [0.25, 0.3) is 11.1 Å². The molecule has 0 spiro atoms. The van der Waals surface area contributed by atoms with Crippen molar-refractivity contribution in [1.82, 2.24) is 26.2 Å². The number of ether oxygens (including phenoxy) is 1. The van der Waals surface area contributed by atoms with Crippen LogP contribution in [0.3, 0.4) is 0 Å². The number of carbonyl (C=O) groups is 5.